The number of halogens is 3. The topological polar surface area (TPSA) is 56.6 Å². The van der Waals surface area contributed by atoms with Crippen LogP contribution in [0.4, 0.5) is 18.9 Å². The molecule has 2 heterocycles. The summed E-state index contributed by atoms with van der Waals surface area (Å²) in [7, 11) is 0. The van der Waals surface area contributed by atoms with E-state index in [2.05, 4.69) is 0 Å². The first-order valence-electron chi connectivity index (χ1n) is 10.3. The number of amides is 1. The molecule has 2 atom stereocenters. The van der Waals surface area contributed by atoms with Crippen LogP contribution >= 0.6 is 0 Å². The molecule has 8 heteroatoms. The highest BCUT2D eigenvalue weighted by Gasteiger charge is 2.51. The zero-order valence-corrected chi connectivity index (χ0v) is 17.6. The molecule has 1 aromatic rings. The minimum atomic E-state index is -4.59. The molecule has 2 unspecified atom stereocenters. The molecule has 2 fully saturated rings. The van der Waals surface area contributed by atoms with Gasteiger partial charge >= 0.3 is 6.18 Å². The first-order valence-corrected chi connectivity index (χ1v) is 10.3. The Labute approximate surface area is 175 Å². The highest BCUT2D eigenvalue weighted by atomic mass is 19.4. The third-order valence-electron chi connectivity index (χ3n) is 6.26. The van der Waals surface area contributed by atoms with Crippen LogP contribution in [-0.2, 0) is 15.7 Å². The van der Waals surface area contributed by atoms with Crippen molar-refractivity contribution in [2.45, 2.75) is 33.4 Å². The zero-order valence-electron chi connectivity index (χ0n) is 17.6. The number of hydrogen-bond acceptors (Lipinski definition) is 4. The van der Waals surface area contributed by atoms with Gasteiger partial charge in [0.15, 0.2) is 0 Å². The third kappa shape index (κ3) is 4.27. The van der Waals surface area contributed by atoms with Gasteiger partial charge in [-0.25, -0.2) is 0 Å². The first kappa shape index (κ1) is 22.4. The minimum Gasteiger partial charge on any atom is -0.381 e. The maximum absolute atomic E-state index is 13.4. The molecule has 2 aliphatic rings. The zero-order chi connectivity index (χ0) is 22.1. The number of carbonyl (C=O) groups is 1. The Kier molecular flexibility index (Phi) is 6.32. The number of fused-ring (bicyclic) bond motifs is 1. The van der Waals surface area contributed by atoms with E-state index < -0.39 is 11.7 Å². The summed E-state index contributed by atoms with van der Waals surface area (Å²) in [6, 6.07) is 5.52. The summed E-state index contributed by atoms with van der Waals surface area (Å²) in [6.45, 7) is 9.01. The van der Waals surface area contributed by atoms with Crippen molar-refractivity contribution >= 4 is 11.6 Å². The molecular formula is C22H28F3N3O2. The van der Waals surface area contributed by atoms with Gasteiger partial charge in [0, 0.05) is 49.8 Å². The fourth-order valence-electron chi connectivity index (χ4n) is 4.71. The monoisotopic (exact) mass is 423 g/mol. The van der Waals surface area contributed by atoms with Crippen molar-refractivity contribution in [3.8, 4) is 6.07 Å². The van der Waals surface area contributed by atoms with Gasteiger partial charge in [-0.1, -0.05) is 13.8 Å². The van der Waals surface area contributed by atoms with E-state index in [1.165, 1.54) is 6.07 Å². The van der Waals surface area contributed by atoms with Gasteiger partial charge in [0.1, 0.15) is 0 Å². The number of rotatable bonds is 5. The number of carbonyl (C=O) groups excluding carboxylic acids is 1. The lowest BCUT2D eigenvalue weighted by Gasteiger charge is -2.44. The minimum absolute atomic E-state index is 0.0977. The molecule has 0 saturated carbocycles. The Bertz CT molecular complexity index is 834. The molecule has 0 radical (unpaired) electrons. The number of ether oxygens (including phenoxy) is 1. The number of alkyl halides is 3. The molecule has 164 valence electrons. The fraction of sp³-hybridized carbons (Fsp3) is 0.636. The molecule has 2 aliphatic heterocycles. The summed E-state index contributed by atoms with van der Waals surface area (Å²) in [5.41, 5.74) is -1.15. The first-order chi connectivity index (χ1) is 14.1. The predicted octanol–water partition coefficient (Wildman–Crippen LogP) is 3.92. The second-order valence-electron chi connectivity index (χ2n) is 8.62. The lowest BCUT2D eigenvalue weighted by molar-refractivity contribution is -0.140. The van der Waals surface area contributed by atoms with E-state index in [1.807, 2.05) is 30.6 Å². The summed E-state index contributed by atoms with van der Waals surface area (Å²) >= 11 is 0. The van der Waals surface area contributed by atoms with Gasteiger partial charge in [-0.05, 0) is 37.5 Å². The molecule has 5 nitrogen and oxygen atoms in total. The largest absolute Gasteiger partial charge is 0.417 e. The molecule has 0 spiro atoms. The molecule has 0 aromatic heterocycles. The Balaban J connectivity index is 1.90. The summed E-state index contributed by atoms with van der Waals surface area (Å²) in [5, 5.41) is 9.05. The molecule has 1 amide bonds. The summed E-state index contributed by atoms with van der Waals surface area (Å²) < 4.78 is 46.0. The van der Waals surface area contributed by atoms with Crippen molar-refractivity contribution in [2.75, 3.05) is 44.3 Å². The number of piperidine rings is 1. The number of nitrogens with zero attached hydrogens (tertiary/aromatic N) is 3. The molecule has 0 aliphatic carbocycles. The van der Waals surface area contributed by atoms with Crippen LogP contribution in [0.2, 0.25) is 0 Å². The van der Waals surface area contributed by atoms with E-state index in [0.29, 0.717) is 45.1 Å². The molecule has 2 saturated heterocycles. The molecule has 0 N–H and O–H groups in total. The van der Waals surface area contributed by atoms with Crippen LogP contribution in [0, 0.1) is 28.6 Å². The fourth-order valence-corrected chi connectivity index (χ4v) is 4.71. The third-order valence-corrected chi connectivity index (χ3v) is 6.26. The van der Waals surface area contributed by atoms with Crippen LogP contribution < -0.4 is 4.90 Å². The highest BCUT2D eigenvalue weighted by Crippen LogP contribution is 2.45. The lowest BCUT2D eigenvalue weighted by atomic mass is 9.73. The second kappa shape index (κ2) is 8.46. The Morgan fingerprint density at radius 1 is 1.37 bits per heavy atom. The SMILES string of the molecule is CCOCC12CN(C(=O)C(C)C)CCC1CN(c1ccc(C#N)c(C(F)(F)F)c1)C2. The maximum atomic E-state index is 13.4. The van der Waals surface area contributed by atoms with Gasteiger partial charge in [-0.2, -0.15) is 18.4 Å². The van der Waals surface area contributed by atoms with Gasteiger partial charge in [0.2, 0.25) is 5.91 Å². The number of anilines is 1. The van der Waals surface area contributed by atoms with Gasteiger partial charge < -0.3 is 14.5 Å². The van der Waals surface area contributed by atoms with Crippen LogP contribution in [0.25, 0.3) is 0 Å². The molecular weight excluding hydrogens is 395 g/mol. The van der Waals surface area contributed by atoms with Crippen LogP contribution in [-0.4, -0.2) is 50.2 Å². The van der Waals surface area contributed by atoms with Crippen molar-refractivity contribution in [1.29, 1.82) is 5.26 Å². The van der Waals surface area contributed by atoms with Crippen LogP contribution in [0.15, 0.2) is 18.2 Å². The van der Waals surface area contributed by atoms with E-state index in [9.17, 15) is 18.0 Å². The van der Waals surface area contributed by atoms with Crippen molar-refractivity contribution < 1.29 is 22.7 Å². The van der Waals surface area contributed by atoms with Gasteiger partial charge in [0.05, 0.1) is 23.8 Å². The van der Waals surface area contributed by atoms with Crippen molar-refractivity contribution in [1.82, 2.24) is 4.90 Å². The predicted molar refractivity (Wildman–Crippen MR) is 107 cm³/mol. The van der Waals surface area contributed by atoms with E-state index >= 15 is 0 Å². The molecule has 30 heavy (non-hydrogen) atoms. The number of hydrogen-bond donors (Lipinski definition) is 0. The Morgan fingerprint density at radius 3 is 2.70 bits per heavy atom. The second-order valence-corrected chi connectivity index (χ2v) is 8.62. The molecule has 1 aromatic carbocycles. The van der Waals surface area contributed by atoms with Crippen molar-refractivity contribution in [3.63, 3.8) is 0 Å². The van der Waals surface area contributed by atoms with Crippen molar-refractivity contribution in [2.24, 2.45) is 17.3 Å². The standard InChI is InChI=1S/C22H28F3N3O2/c1-4-30-14-21-12-27(20(29)15(2)3)8-7-17(21)11-28(13-21)18-6-5-16(10-26)19(9-18)22(23,24)25/h5-6,9,15,17H,4,7-8,11-14H2,1-3H3. The van der Waals surface area contributed by atoms with Crippen LogP contribution in [0.1, 0.15) is 38.3 Å². The average molecular weight is 423 g/mol. The van der Waals surface area contributed by atoms with E-state index in [0.717, 1.165) is 12.5 Å². The van der Waals surface area contributed by atoms with Crippen LogP contribution in [0.3, 0.4) is 0 Å². The summed E-state index contributed by atoms with van der Waals surface area (Å²) in [4.78, 5) is 16.4. The quantitative estimate of drug-likeness (QED) is 0.720. The van der Waals surface area contributed by atoms with Gasteiger partial charge in [-0.15, -0.1) is 0 Å². The van der Waals surface area contributed by atoms with E-state index in [-0.39, 0.29) is 28.7 Å². The smallest absolute Gasteiger partial charge is 0.381 e. The summed E-state index contributed by atoms with van der Waals surface area (Å²) in [6.07, 6.45) is -3.79. The molecule has 0 bridgehead atoms. The van der Waals surface area contributed by atoms with Crippen LogP contribution in [0.5, 0.6) is 0 Å². The highest BCUT2D eigenvalue weighted by molar-refractivity contribution is 5.78. The van der Waals surface area contributed by atoms with E-state index in [4.69, 9.17) is 10.00 Å². The normalized spacial score (nSPS) is 24.1. The number of likely N-dealkylation sites (tertiary alicyclic amines) is 1. The van der Waals surface area contributed by atoms with Gasteiger partial charge in [-0.3, -0.25) is 4.79 Å². The Hall–Kier alpha value is -2.27. The lowest BCUT2D eigenvalue weighted by Crippen LogP contribution is -2.53. The van der Waals surface area contributed by atoms with Gasteiger partial charge in [0.25, 0.3) is 0 Å². The maximum Gasteiger partial charge on any atom is 0.417 e. The summed E-state index contributed by atoms with van der Waals surface area (Å²) in [5.74, 6) is 0.224. The van der Waals surface area contributed by atoms with E-state index in [1.54, 1.807) is 12.1 Å². The average Bonchev–Trinajstić information content (AvgIpc) is 3.09. The Morgan fingerprint density at radius 2 is 2.10 bits per heavy atom. The van der Waals surface area contributed by atoms with Crippen molar-refractivity contribution in [3.05, 3.63) is 29.3 Å². The number of benzene rings is 1. The number of nitriles is 1. The molecule has 3 rings (SSSR count).